The van der Waals surface area contributed by atoms with Gasteiger partial charge in [-0.05, 0) is 12.8 Å². The maximum atomic E-state index is 9.30. The Morgan fingerprint density at radius 2 is 1.09 bits per heavy atom. The van der Waals surface area contributed by atoms with Gasteiger partial charge in [0.05, 0.1) is 6.10 Å². The molecule has 1 aliphatic rings. The minimum atomic E-state index is -0.476. The van der Waals surface area contributed by atoms with Gasteiger partial charge in [0.25, 0.3) is 0 Å². The van der Waals surface area contributed by atoms with Gasteiger partial charge in [0.2, 0.25) is 0 Å². The number of rotatable bonds is 16. The lowest BCUT2D eigenvalue weighted by Crippen LogP contribution is -2.09. The largest absolute Gasteiger partial charge is 0.368 e. The first kappa shape index (κ1) is 21.0. The highest BCUT2D eigenvalue weighted by atomic mass is 16.6. The molecule has 138 valence electrons. The fraction of sp³-hybridized carbons (Fsp3) is 1.00. The van der Waals surface area contributed by atoms with Crippen molar-refractivity contribution in [2.24, 2.45) is 0 Å². The first-order valence-corrected chi connectivity index (χ1v) is 10.7. The van der Waals surface area contributed by atoms with Gasteiger partial charge in [-0.15, -0.1) is 0 Å². The van der Waals surface area contributed by atoms with E-state index >= 15 is 0 Å². The number of hydrogen-bond donors (Lipinski definition) is 1. The average molecular weight is 327 g/mol. The summed E-state index contributed by atoms with van der Waals surface area (Å²) in [4.78, 5) is 0. The minimum absolute atomic E-state index is 0.340. The molecule has 1 saturated heterocycles. The highest BCUT2D eigenvalue weighted by Crippen LogP contribution is 2.22. The molecule has 1 N–H and O–H groups in total. The molecule has 1 heterocycles. The highest BCUT2D eigenvalue weighted by molar-refractivity contribution is 4.67. The minimum Gasteiger partial charge on any atom is -0.368 e. The van der Waals surface area contributed by atoms with Crippen LogP contribution in [0.15, 0.2) is 0 Å². The summed E-state index contributed by atoms with van der Waals surface area (Å²) in [5.74, 6) is 0. The molecule has 23 heavy (non-hydrogen) atoms. The number of aliphatic hydroxyl groups is 1. The quantitative estimate of drug-likeness (QED) is 0.318. The maximum Gasteiger partial charge on any atom is 0.154 e. The molecular formula is C21H42O2. The van der Waals surface area contributed by atoms with E-state index in [-0.39, 0.29) is 0 Å². The van der Waals surface area contributed by atoms with Crippen LogP contribution in [0.3, 0.4) is 0 Å². The second-order valence-corrected chi connectivity index (χ2v) is 7.53. The molecule has 0 aromatic carbocycles. The lowest BCUT2D eigenvalue weighted by atomic mass is 10.0. The zero-order valence-electron chi connectivity index (χ0n) is 15.7. The SMILES string of the molecule is CCCCCCCCCCCCCCCCCC1CCC(O)O1. The van der Waals surface area contributed by atoms with Gasteiger partial charge in [-0.2, -0.15) is 0 Å². The molecule has 0 bridgehead atoms. The molecule has 1 fully saturated rings. The molecule has 0 aromatic rings. The van der Waals surface area contributed by atoms with E-state index in [9.17, 15) is 5.11 Å². The third-order valence-electron chi connectivity index (χ3n) is 5.21. The van der Waals surface area contributed by atoms with Crippen molar-refractivity contribution >= 4 is 0 Å². The first-order valence-electron chi connectivity index (χ1n) is 10.7. The zero-order chi connectivity index (χ0) is 16.6. The van der Waals surface area contributed by atoms with Gasteiger partial charge in [-0.25, -0.2) is 0 Å². The Balaban J connectivity index is 1.67. The third kappa shape index (κ3) is 12.9. The zero-order valence-corrected chi connectivity index (χ0v) is 15.7. The monoisotopic (exact) mass is 326 g/mol. The summed E-state index contributed by atoms with van der Waals surface area (Å²) in [5, 5.41) is 9.30. The second kappa shape index (κ2) is 15.4. The average Bonchev–Trinajstić information content (AvgIpc) is 2.96. The molecule has 0 aromatic heterocycles. The smallest absolute Gasteiger partial charge is 0.154 e. The normalized spacial score (nSPS) is 21.1. The van der Waals surface area contributed by atoms with Crippen LogP contribution < -0.4 is 0 Å². The van der Waals surface area contributed by atoms with Crippen molar-refractivity contribution in [2.45, 2.75) is 135 Å². The van der Waals surface area contributed by atoms with Crippen molar-refractivity contribution < 1.29 is 9.84 Å². The Bertz CT molecular complexity index is 242. The number of ether oxygens (including phenoxy) is 1. The lowest BCUT2D eigenvalue weighted by Gasteiger charge is -2.09. The van der Waals surface area contributed by atoms with Crippen molar-refractivity contribution in [2.75, 3.05) is 0 Å². The topological polar surface area (TPSA) is 29.5 Å². The van der Waals surface area contributed by atoms with E-state index in [0.29, 0.717) is 6.10 Å². The third-order valence-corrected chi connectivity index (χ3v) is 5.21. The summed E-state index contributed by atoms with van der Waals surface area (Å²) in [5.41, 5.74) is 0. The Hall–Kier alpha value is -0.0800. The predicted molar refractivity (Wildman–Crippen MR) is 99.7 cm³/mol. The summed E-state index contributed by atoms with van der Waals surface area (Å²) in [6, 6.07) is 0. The van der Waals surface area contributed by atoms with Gasteiger partial charge >= 0.3 is 0 Å². The van der Waals surface area contributed by atoms with Crippen molar-refractivity contribution in [3.05, 3.63) is 0 Å². The second-order valence-electron chi connectivity index (χ2n) is 7.53. The molecular weight excluding hydrogens is 284 g/mol. The maximum absolute atomic E-state index is 9.30. The lowest BCUT2D eigenvalue weighted by molar-refractivity contribution is -0.0920. The van der Waals surface area contributed by atoms with Crippen LogP contribution in [0, 0.1) is 0 Å². The van der Waals surface area contributed by atoms with Gasteiger partial charge < -0.3 is 9.84 Å². The van der Waals surface area contributed by atoms with Crippen molar-refractivity contribution in [1.82, 2.24) is 0 Å². The van der Waals surface area contributed by atoms with E-state index in [2.05, 4.69) is 6.92 Å². The highest BCUT2D eigenvalue weighted by Gasteiger charge is 2.22. The molecule has 1 rings (SSSR count). The number of aliphatic hydroxyl groups excluding tert-OH is 1. The van der Waals surface area contributed by atoms with Crippen LogP contribution in [0.2, 0.25) is 0 Å². The van der Waals surface area contributed by atoms with Crippen LogP contribution in [0.5, 0.6) is 0 Å². The molecule has 1 aliphatic heterocycles. The Kier molecular flexibility index (Phi) is 14.1. The number of unbranched alkanes of at least 4 members (excludes halogenated alkanes) is 14. The summed E-state index contributed by atoms with van der Waals surface area (Å²) in [6.45, 7) is 2.29. The van der Waals surface area contributed by atoms with Crippen LogP contribution in [-0.2, 0) is 4.74 Å². The fourth-order valence-corrected chi connectivity index (χ4v) is 3.64. The van der Waals surface area contributed by atoms with Gasteiger partial charge in [0.15, 0.2) is 6.29 Å². The van der Waals surface area contributed by atoms with Crippen LogP contribution >= 0.6 is 0 Å². The van der Waals surface area contributed by atoms with Crippen LogP contribution in [0.25, 0.3) is 0 Å². The van der Waals surface area contributed by atoms with Gasteiger partial charge in [0, 0.05) is 6.42 Å². The standard InChI is InChI=1S/C21H42O2/c1-2-3-4-5-6-7-8-9-10-11-12-13-14-15-16-17-20-18-19-21(22)23-20/h20-22H,2-19H2,1H3. The Labute approximate surface area is 145 Å². The van der Waals surface area contributed by atoms with Crippen LogP contribution in [0.1, 0.15) is 122 Å². The summed E-state index contributed by atoms with van der Waals surface area (Å²) < 4.78 is 5.44. The van der Waals surface area contributed by atoms with Crippen molar-refractivity contribution in [1.29, 1.82) is 0 Å². The van der Waals surface area contributed by atoms with Crippen LogP contribution in [0.4, 0.5) is 0 Å². The van der Waals surface area contributed by atoms with E-state index in [1.807, 2.05) is 0 Å². The predicted octanol–water partition coefficient (Wildman–Crippen LogP) is 6.75. The number of hydrogen-bond acceptors (Lipinski definition) is 2. The molecule has 2 nitrogen and oxygen atoms in total. The molecule has 0 radical (unpaired) electrons. The molecule has 2 heteroatoms. The van der Waals surface area contributed by atoms with Crippen molar-refractivity contribution in [3.63, 3.8) is 0 Å². The van der Waals surface area contributed by atoms with E-state index in [1.54, 1.807) is 0 Å². The molecule has 0 spiro atoms. The van der Waals surface area contributed by atoms with Gasteiger partial charge in [0.1, 0.15) is 0 Å². The molecule has 0 saturated carbocycles. The molecule has 2 atom stereocenters. The molecule has 2 unspecified atom stereocenters. The van der Waals surface area contributed by atoms with Crippen LogP contribution in [-0.4, -0.2) is 17.5 Å². The first-order chi connectivity index (χ1) is 11.3. The Morgan fingerprint density at radius 3 is 1.48 bits per heavy atom. The van der Waals surface area contributed by atoms with E-state index in [1.165, 1.54) is 96.3 Å². The van der Waals surface area contributed by atoms with E-state index in [0.717, 1.165) is 19.3 Å². The van der Waals surface area contributed by atoms with Crippen molar-refractivity contribution in [3.8, 4) is 0 Å². The summed E-state index contributed by atoms with van der Waals surface area (Å²) in [7, 11) is 0. The van der Waals surface area contributed by atoms with E-state index in [4.69, 9.17) is 4.74 Å². The van der Waals surface area contributed by atoms with Gasteiger partial charge in [-0.1, -0.05) is 103 Å². The molecule has 0 amide bonds. The molecule has 0 aliphatic carbocycles. The van der Waals surface area contributed by atoms with Gasteiger partial charge in [-0.3, -0.25) is 0 Å². The Morgan fingerprint density at radius 1 is 0.652 bits per heavy atom. The summed E-state index contributed by atoms with van der Waals surface area (Å²) in [6.07, 6.45) is 24.1. The van der Waals surface area contributed by atoms with E-state index < -0.39 is 6.29 Å². The fourth-order valence-electron chi connectivity index (χ4n) is 3.64. The summed E-state index contributed by atoms with van der Waals surface area (Å²) >= 11 is 0.